The number of carbonyl (C=O) groups is 2. The van der Waals surface area contributed by atoms with Crippen LogP contribution in [0.15, 0.2) is 97.7 Å². The Labute approximate surface area is 213 Å². The van der Waals surface area contributed by atoms with Crippen molar-refractivity contribution in [2.45, 2.75) is 0 Å². The molecular weight excluding hydrogens is 483 g/mol. The summed E-state index contributed by atoms with van der Waals surface area (Å²) in [6, 6.07) is 23.4. The molecule has 0 aliphatic rings. The van der Waals surface area contributed by atoms with Gasteiger partial charge in [-0.15, -0.1) is 6.58 Å². The third kappa shape index (κ3) is 5.98. The Morgan fingerprint density at radius 3 is 2.40 bits per heavy atom. The Morgan fingerprint density at radius 1 is 0.971 bits per heavy atom. The summed E-state index contributed by atoms with van der Waals surface area (Å²) in [7, 11) is 0. The first-order chi connectivity index (χ1) is 16.9. The molecule has 0 radical (unpaired) electrons. The van der Waals surface area contributed by atoms with E-state index in [1.807, 2.05) is 48.7 Å². The molecule has 0 bridgehead atoms. The predicted octanol–water partition coefficient (Wildman–Crippen LogP) is 6.11. The summed E-state index contributed by atoms with van der Waals surface area (Å²) in [5.41, 5.74) is 2.74. The number of amides is 2. The molecule has 0 fully saturated rings. The van der Waals surface area contributed by atoms with E-state index in [1.165, 1.54) is 4.90 Å². The Bertz CT molecular complexity index is 1350. The monoisotopic (exact) mass is 504 g/mol. The van der Waals surface area contributed by atoms with E-state index in [2.05, 4.69) is 16.9 Å². The zero-order valence-corrected chi connectivity index (χ0v) is 20.2. The second-order valence-electron chi connectivity index (χ2n) is 7.70. The van der Waals surface area contributed by atoms with E-state index in [0.717, 1.165) is 11.3 Å². The van der Waals surface area contributed by atoms with Gasteiger partial charge >= 0.3 is 0 Å². The van der Waals surface area contributed by atoms with Crippen LogP contribution in [0.25, 0.3) is 16.9 Å². The Morgan fingerprint density at radius 2 is 1.71 bits per heavy atom. The SMILES string of the molecule is C=CCN(CC(=O)Nc1nc(-c2ccccc2)cn1-c1cccc(Cl)c1)C(=O)c1ccc(Cl)cc1. The van der Waals surface area contributed by atoms with E-state index in [1.54, 1.807) is 47.0 Å². The van der Waals surface area contributed by atoms with Gasteiger partial charge in [0.2, 0.25) is 11.9 Å². The smallest absolute Gasteiger partial charge is 0.254 e. The van der Waals surface area contributed by atoms with Crippen molar-refractivity contribution in [2.24, 2.45) is 0 Å². The van der Waals surface area contributed by atoms with Crippen molar-refractivity contribution in [3.05, 3.63) is 113 Å². The lowest BCUT2D eigenvalue weighted by atomic mass is 10.2. The van der Waals surface area contributed by atoms with Crippen LogP contribution in [-0.4, -0.2) is 39.4 Å². The average molecular weight is 505 g/mol. The molecule has 176 valence electrons. The van der Waals surface area contributed by atoms with Crippen molar-refractivity contribution < 1.29 is 9.59 Å². The third-order valence-corrected chi connectivity index (χ3v) is 5.66. The molecule has 4 aromatic rings. The molecule has 0 saturated heterocycles. The van der Waals surface area contributed by atoms with E-state index >= 15 is 0 Å². The highest BCUT2D eigenvalue weighted by atomic mass is 35.5. The van der Waals surface area contributed by atoms with Gasteiger partial charge in [-0.3, -0.25) is 19.5 Å². The maximum absolute atomic E-state index is 13.0. The second-order valence-corrected chi connectivity index (χ2v) is 8.57. The van der Waals surface area contributed by atoms with E-state index in [0.29, 0.717) is 27.3 Å². The first kappa shape index (κ1) is 24.3. The van der Waals surface area contributed by atoms with Crippen LogP contribution in [0.4, 0.5) is 5.95 Å². The van der Waals surface area contributed by atoms with Gasteiger partial charge in [-0.2, -0.15) is 0 Å². The molecule has 0 spiro atoms. The molecule has 3 aromatic carbocycles. The van der Waals surface area contributed by atoms with Crippen molar-refractivity contribution >= 4 is 41.0 Å². The largest absolute Gasteiger partial charge is 0.326 e. The highest BCUT2D eigenvalue weighted by Gasteiger charge is 2.20. The van der Waals surface area contributed by atoms with Gasteiger partial charge in [-0.05, 0) is 42.5 Å². The van der Waals surface area contributed by atoms with E-state index < -0.39 is 5.91 Å². The van der Waals surface area contributed by atoms with Crippen LogP contribution in [0.2, 0.25) is 10.0 Å². The second kappa shape index (κ2) is 11.0. The fourth-order valence-electron chi connectivity index (χ4n) is 3.53. The minimum absolute atomic E-state index is 0.184. The van der Waals surface area contributed by atoms with Gasteiger partial charge in [-0.1, -0.05) is 65.7 Å². The molecule has 4 rings (SSSR count). The standard InChI is InChI=1S/C27H22Cl2N4O2/c1-2-15-32(26(35)20-11-13-21(28)14-12-20)18-25(34)31-27-30-24(19-7-4-3-5-8-19)17-33(27)23-10-6-9-22(29)16-23/h2-14,16-17H,1,15,18H2,(H,30,31,34). The zero-order valence-electron chi connectivity index (χ0n) is 18.7. The Balaban J connectivity index is 1.60. The number of imidazole rings is 1. The lowest BCUT2D eigenvalue weighted by Gasteiger charge is -2.21. The summed E-state index contributed by atoms with van der Waals surface area (Å²) >= 11 is 12.1. The highest BCUT2D eigenvalue weighted by Crippen LogP contribution is 2.25. The van der Waals surface area contributed by atoms with E-state index in [9.17, 15) is 9.59 Å². The number of halogens is 2. The van der Waals surface area contributed by atoms with Gasteiger partial charge in [0, 0.05) is 39.6 Å². The molecule has 35 heavy (non-hydrogen) atoms. The number of rotatable bonds is 8. The van der Waals surface area contributed by atoms with Crippen LogP contribution in [0.3, 0.4) is 0 Å². The first-order valence-electron chi connectivity index (χ1n) is 10.8. The topological polar surface area (TPSA) is 67.2 Å². The van der Waals surface area contributed by atoms with Gasteiger partial charge in [0.05, 0.1) is 5.69 Å². The molecular formula is C27H22Cl2N4O2. The van der Waals surface area contributed by atoms with Crippen molar-refractivity contribution in [1.82, 2.24) is 14.5 Å². The summed E-state index contributed by atoms with van der Waals surface area (Å²) in [6.45, 7) is 3.72. The number of nitrogens with zero attached hydrogens (tertiary/aromatic N) is 3. The molecule has 0 aliphatic heterocycles. The maximum Gasteiger partial charge on any atom is 0.254 e. The lowest BCUT2D eigenvalue weighted by molar-refractivity contribution is -0.116. The van der Waals surface area contributed by atoms with E-state index in [-0.39, 0.29) is 19.0 Å². The quantitative estimate of drug-likeness (QED) is 0.294. The van der Waals surface area contributed by atoms with Crippen LogP contribution >= 0.6 is 23.2 Å². The molecule has 0 atom stereocenters. The summed E-state index contributed by atoms with van der Waals surface area (Å²) < 4.78 is 1.75. The van der Waals surface area contributed by atoms with Gasteiger partial charge in [-0.25, -0.2) is 4.98 Å². The van der Waals surface area contributed by atoms with Gasteiger partial charge in [0.1, 0.15) is 6.54 Å². The average Bonchev–Trinajstić information content (AvgIpc) is 3.28. The van der Waals surface area contributed by atoms with Crippen LogP contribution in [0.5, 0.6) is 0 Å². The van der Waals surface area contributed by atoms with Gasteiger partial charge in [0.25, 0.3) is 5.91 Å². The molecule has 1 N–H and O–H groups in total. The van der Waals surface area contributed by atoms with E-state index in [4.69, 9.17) is 23.2 Å². The highest BCUT2D eigenvalue weighted by molar-refractivity contribution is 6.31. The minimum atomic E-state index is -0.400. The van der Waals surface area contributed by atoms with Crippen molar-refractivity contribution in [2.75, 3.05) is 18.4 Å². The number of nitrogens with one attached hydrogen (secondary N) is 1. The predicted molar refractivity (Wildman–Crippen MR) is 140 cm³/mol. The van der Waals surface area contributed by atoms with Gasteiger partial charge in [0.15, 0.2) is 0 Å². The number of carbonyl (C=O) groups excluding carboxylic acids is 2. The summed E-state index contributed by atoms with van der Waals surface area (Å²) in [4.78, 5) is 32.1. The molecule has 6 nitrogen and oxygen atoms in total. The van der Waals surface area contributed by atoms with Crippen LogP contribution in [0.1, 0.15) is 10.4 Å². The van der Waals surface area contributed by atoms with Crippen molar-refractivity contribution in [1.29, 1.82) is 0 Å². The maximum atomic E-state index is 13.0. The number of hydrogen-bond donors (Lipinski definition) is 1. The van der Waals surface area contributed by atoms with Crippen LogP contribution in [0, 0.1) is 0 Å². The number of aromatic nitrogens is 2. The molecule has 0 unspecified atom stereocenters. The molecule has 1 heterocycles. The normalized spacial score (nSPS) is 10.6. The van der Waals surface area contributed by atoms with Crippen LogP contribution < -0.4 is 5.32 Å². The minimum Gasteiger partial charge on any atom is -0.326 e. The Hall–Kier alpha value is -3.87. The Kier molecular flexibility index (Phi) is 7.65. The summed E-state index contributed by atoms with van der Waals surface area (Å²) in [5.74, 6) is -0.392. The molecule has 1 aromatic heterocycles. The number of benzene rings is 3. The van der Waals surface area contributed by atoms with Crippen molar-refractivity contribution in [3.63, 3.8) is 0 Å². The summed E-state index contributed by atoms with van der Waals surface area (Å²) in [6.07, 6.45) is 3.40. The molecule has 8 heteroatoms. The molecule has 0 saturated carbocycles. The van der Waals surface area contributed by atoms with Crippen molar-refractivity contribution in [3.8, 4) is 16.9 Å². The summed E-state index contributed by atoms with van der Waals surface area (Å²) in [5, 5.41) is 3.92. The van der Waals surface area contributed by atoms with Crippen LogP contribution in [-0.2, 0) is 4.79 Å². The number of anilines is 1. The zero-order chi connectivity index (χ0) is 24.8. The van der Waals surface area contributed by atoms with Gasteiger partial charge < -0.3 is 4.90 Å². The lowest BCUT2D eigenvalue weighted by Crippen LogP contribution is -2.38. The molecule has 2 amide bonds. The number of hydrogen-bond acceptors (Lipinski definition) is 3. The first-order valence-corrected chi connectivity index (χ1v) is 11.6. The molecule has 0 aliphatic carbocycles. The fraction of sp³-hybridized carbons (Fsp3) is 0.0741. The fourth-order valence-corrected chi connectivity index (χ4v) is 3.84. The third-order valence-electron chi connectivity index (χ3n) is 5.18.